The van der Waals surface area contributed by atoms with Gasteiger partial charge in [-0.15, -0.1) is 0 Å². The summed E-state index contributed by atoms with van der Waals surface area (Å²) in [5.74, 6) is -1.66. The first-order valence-corrected chi connectivity index (χ1v) is 12.3. The Morgan fingerprint density at radius 3 is 2.62 bits per heavy atom. The monoisotopic (exact) mass is 536 g/mol. The van der Waals surface area contributed by atoms with Crippen molar-refractivity contribution in [1.82, 2.24) is 34.2 Å². The molecule has 4 aromatic rings. The highest BCUT2D eigenvalue weighted by atomic mass is 19.3. The molecule has 2 aliphatic heterocycles. The highest BCUT2D eigenvalue weighted by Crippen LogP contribution is 2.38. The van der Waals surface area contributed by atoms with Gasteiger partial charge in [-0.25, -0.2) is 9.97 Å². The number of halogens is 2. The first kappa shape index (κ1) is 26.0. The van der Waals surface area contributed by atoms with Crippen molar-refractivity contribution in [1.29, 1.82) is 5.26 Å². The topological polar surface area (TPSA) is 139 Å². The number of alkyl halides is 2. The number of aryl methyl sites for hydroxylation is 2. The number of anilines is 3. The molecule has 1 amide bonds. The fourth-order valence-corrected chi connectivity index (χ4v) is 4.30. The van der Waals surface area contributed by atoms with Crippen LogP contribution in [-0.4, -0.2) is 60.7 Å². The molecule has 14 heteroatoms. The van der Waals surface area contributed by atoms with Crippen molar-refractivity contribution in [3.05, 3.63) is 41.9 Å². The van der Waals surface area contributed by atoms with E-state index in [1.54, 1.807) is 17.7 Å². The second-order valence-corrected chi connectivity index (χ2v) is 9.24. The van der Waals surface area contributed by atoms with Crippen molar-refractivity contribution in [2.45, 2.75) is 31.7 Å². The minimum atomic E-state index is -2.94. The molecule has 0 aliphatic carbocycles. The Balaban J connectivity index is 0.000000555. The quantitative estimate of drug-likeness (QED) is 0.353. The molecule has 6 rings (SSSR count). The molecule has 0 atom stereocenters. The van der Waals surface area contributed by atoms with Crippen LogP contribution in [0.2, 0.25) is 0 Å². The number of fused-ring (bicyclic) bond motifs is 2. The summed E-state index contributed by atoms with van der Waals surface area (Å²) < 4.78 is 37.1. The van der Waals surface area contributed by atoms with Crippen LogP contribution >= 0.6 is 0 Å². The zero-order chi connectivity index (χ0) is 27.6. The maximum atomic E-state index is 14.2. The van der Waals surface area contributed by atoms with Gasteiger partial charge in [0.1, 0.15) is 34.4 Å². The molecule has 0 radical (unpaired) electrons. The predicted molar refractivity (Wildman–Crippen MR) is 138 cm³/mol. The summed E-state index contributed by atoms with van der Waals surface area (Å²) in [4.78, 5) is 25.6. The third-order valence-corrected chi connectivity index (χ3v) is 6.48. The van der Waals surface area contributed by atoms with Crippen molar-refractivity contribution in [3.8, 4) is 17.6 Å². The molecular weight excluding hydrogens is 510 g/mol. The molecule has 1 saturated heterocycles. The fourth-order valence-electron chi connectivity index (χ4n) is 4.30. The molecule has 2 N–H and O–H groups in total. The van der Waals surface area contributed by atoms with E-state index in [1.807, 2.05) is 0 Å². The molecule has 4 aromatic heterocycles. The number of amides is 1. The number of carbonyl (C=O) groups is 1. The lowest BCUT2D eigenvalue weighted by molar-refractivity contribution is -0.105. The average molecular weight is 537 g/mol. The number of nitrogens with zero attached hydrogens (tertiary/aromatic N) is 8. The number of pyridine rings is 2. The number of aromatic nitrogens is 6. The Bertz CT molecular complexity index is 1550. The largest absolute Gasteiger partial charge is 0.454 e. The van der Waals surface area contributed by atoms with Gasteiger partial charge in [-0.1, -0.05) is 0 Å². The van der Waals surface area contributed by atoms with E-state index < -0.39 is 5.92 Å². The number of rotatable bonds is 6. The molecule has 6 heterocycles. The molecule has 12 nitrogen and oxygen atoms in total. The number of carbonyl (C=O) groups excluding carboxylic acids is 1. The highest BCUT2D eigenvalue weighted by molar-refractivity contribution is 5.84. The second-order valence-electron chi connectivity index (χ2n) is 9.24. The zero-order valence-electron chi connectivity index (χ0n) is 21.4. The average Bonchev–Trinajstić information content (AvgIpc) is 3.45. The molecule has 0 bridgehead atoms. The van der Waals surface area contributed by atoms with Crippen molar-refractivity contribution < 1.29 is 18.3 Å². The van der Waals surface area contributed by atoms with E-state index in [9.17, 15) is 18.8 Å². The van der Waals surface area contributed by atoms with Gasteiger partial charge in [0.15, 0.2) is 17.2 Å². The molecule has 0 spiro atoms. The van der Waals surface area contributed by atoms with Gasteiger partial charge in [0.25, 0.3) is 5.92 Å². The van der Waals surface area contributed by atoms with Crippen LogP contribution in [-0.2, 0) is 24.3 Å². The van der Waals surface area contributed by atoms with Crippen molar-refractivity contribution >= 4 is 35.2 Å². The standard InChI is InChI=1S/C21H17F2N9O2.C4H9N/c1-31-18-13(9-24)14(34-12-3-5-25-16(7-12)27-11-33)10-26-19(18)29-20(31)28-17-8-15-21(22,23)4-2-6-32(15)30-17;1-5-3-2-4-5/h3,5,7-8,10-11H,2,4,6H2,1H3,(H,25,27,33)(H,26,28,29,30);2-4H2,1H3. The van der Waals surface area contributed by atoms with E-state index in [-0.39, 0.29) is 46.7 Å². The van der Waals surface area contributed by atoms with Crippen LogP contribution < -0.4 is 15.4 Å². The first-order valence-electron chi connectivity index (χ1n) is 12.3. The third kappa shape index (κ3) is 5.34. The lowest BCUT2D eigenvalue weighted by atomic mass is 10.1. The first-order chi connectivity index (χ1) is 18.8. The van der Waals surface area contributed by atoms with E-state index in [0.717, 1.165) is 0 Å². The molecule has 2 aliphatic rings. The molecule has 39 heavy (non-hydrogen) atoms. The highest BCUT2D eigenvalue weighted by Gasteiger charge is 2.38. The summed E-state index contributed by atoms with van der Waals surface area (Å²) in [6.07, 6.45) is 4.83. The number of hydrogen-bond acceptors (Lipinski definition) is 9. The third-order valence-electron chi connectivity index (χ3n) is 6.48. The molecule has 0 saturated carbocycles. The van der Waals surface area contributed by atoms with E-state index in [0.29, 0.717) is 30.6 Å². The number of likely N-dealkylation sites (tertiary alicyclic amines) is 1. The lowest BCUT2D eigenvalue weighted by Gasteiger charge is -2.24. The van der Waals surface area contributed by atoms with Crippen molar-refractivity contribution in [3.63, 3.8) is 0 Å². The summed E-state index contributed by atoms with van der Waals surface area (Å²) in [5.41, 5.74) is 0.677. The van der Waals surface area contributed by atoms with E-state index in [2.05, 4.69) is 48.7 Å². The van der Waals surface area contributed by atoms with Crippen LogP contribution in [0.4, 0.5) is 26.4 Å². The summed E-state index contributed by atoms with van der Waals surface area (Å²) in [5, 5.41) is 19.4. The maximum absolute atomic E-state index is 14.2. The van der Waals surface area contributed by atoms with Gasteiger partial charge in [-0.2, -0.15) is 24.1 Å². The summed E-state index contributed by atoms with van der Waals surface area (Å²) in [6.45, 7) is 3.05. The molecule has 0 aromatic carbocycles. The smallest absolute Gasteiger partial charge is 0.289 e. The zero-order valence-corrected chi connectivity index (χ0v) is 21.4. The Labute approximate surface area is 222 Å². The summed E-state index contributed by atoms with van der Waals surface area (Å²) in [7, 11) is 3.80. The number of hydrogen-bond donors (Lipinski definition) is 2. The normalized spacial score (nSPS) is 15.8. The minimum absolute atomic E-state index is 0.146. The van der Waals surface area contributed by atoms with Gasteiger partial charge >= 0.3 is 0 Å². The van der Waals surface area contributed by atoms with Crippen molar-refractivity contribution in [2.24, 2.45) is 7.05 Å². The van der Waals surface area contributed by atoms with Gasteiger partial charge in [0, 0.05) is 38.3 Å². The Morgan fingerprint density at radius 1 is 1.15 bits per heavy atom. The number of nitriles is 1. The van der Waals surface area contributed by atoms with Crippen LogP contribution in [0, 0.1) is 11.3 Å². The number of nitrogens with one attached hydrogen (secondary N) is 2. The maximum Gasteiger partial charge on any atom is 0.289 e. The Hall–Kier alpha value is -4.64. The molecule has 202 valence electrons. The summed E-state index contributed by atoms with van der Waals surface area (Å²) >= 11 is 0. The second kappa shape index (κ2) is 10.6. The minimum Gasteiger partial charge on any atom is -0.454 e. The van der Waals surface area contributed by atoms with Gasteiger partial charge in [0.2, 0.25) is 12.4 Å². The van der Waals surface area contributed by atoms with Crippen LogP contribution in [0.1, 0.15) is 30.5 Å². The van der Waals surface area contributed by atoms with Crippen LogP contribution in [0.15, 0.2) is 30.6 Å². The van der Waals surface area contributed by atoms with Crippen LogP contribution in [0.25, 0.3) is 11.2 Å². The summed E-state index contributed by atoms with van der Waals surface area (Å²) in [6, 6.07) is 6.47. The van der Waals surface area contributed by atoms with E-state index >= 15 is 0 Å². The van der Waals surface area contributed by atoms with E-state index in [1.165, 1.54) is 48.7 Å². The van der Waals surface area contributed by atoms with Gasteiger partial charge in [-0.05, 0) is 39.0 Å². The Kier molecular flexibility index (Phi) is 7.07. The molecule has 0 unspecified atom stereocenters. The molecular formula is C25H26F2N10O2. The van der Waals surface area contributed by atoms with Gasteiger partial charge < -0.3 is 24.8 Å². The fraction of sp³-hybridized carbons (Fsp3) is 0.360. The van der Waals surface area contributed by atoms with E-state index in [4.69, 9.17) is 4.74 Å². The van der Waals surface area contributed by atoms with Crippen LogP contribution in [0.5, 0.6) is 11.5 Å². The van der Waals surface area contributed by atoms with Gasteiger partial charge in [-0.3, -0.25) is 9.48 Å². The number of imidazole rings is 1. The molecule has 1 fully saturated rings. The lowest BCUT2D eigenvalue weighted by Crippen LogP contribution is -2.32. The van der Waals surface area contributed by atoms with Crippen molar-refractivity contribution in [2.75, 3.05) is 30.8 Å². The van der Waals surface area contributed by atoms with Crippen LogP contribution in [0.3, 0.4) is 0 Å². The SMILES string of the molecule is CN1CCC1.Cn1c(Nc2cc3n(n2)CCCC3(F)F)nc2ncc(Oc3ccnc(NC=O)c3)c(C#N)c21. The Morgan fingerprint density at radius 2 is 1.95 bits per heavy atom. The van der Waals surface area contributed by atoms with Gasteiger partial charge in [0.05, 0.1) is 6.20 Å². The predicted octanol–water partition coefficient (Wildman–Crippen LogP) is 3.74. The number of ether oxygens (including phenoxy) is 1.